The molecule has 1 fully saturated rings. The van der Waals surface area contributed by atoms with Crippen LogP contribution in [0.3, 0.4) is 0 Å². The number of Topliss-reactive ketones (excluding diaryl/α,β-unsaturated/α-hetero) is 1. The molecule has 0 radical (unpaired) electrons. The van der Waals surface area contributed by atoms with Gasteiger partial charge < -0.3 is 10.0 Å². The van der Waals surface area contributed by atoms with Crippen LogP contribution in [0.4, 0.5) is 24.5 Å². The molecule has 130 valence electrons. The Morgan fingerprint density at radius 1 is 1.33 bits per heavy atom. The largest absolute Gasteiger partial charge is 0.481 e. The zero-order valence-electron chi connectivity index (χ0n) is 12.4. The normalized spacial score (nSPS) is 20.9. The maximum absolute atomic E-state index is 13.1. The van der Waals surface area contributed by atoms with E-state index in [0.717, 1.165) is 23.1 Å². The van der Waals surface area contributed by atoms with Gasteiger partial charge in [-0.25, -0.2) is 0 Å². The number of nitro groups is 1. The molecule has 1 aliphatic heterocycles. The minimum absolute atomic E-state index is 0.00700. The SMILES string of the molecule is CC(=O)c1ccc([N+](=O)[O-])cc1N1C[C@@H](C(F)(F)F)[C@H](C(=O)O)C1. The van der Waals surface area contributed by atoms with Crippen molar-refractivity contribution in [3.63, 3.8) is 0 Å². The van der Waals surface area contributed by atoms with Crippen molar-refractivity contribution < 1.29 is 32.8 Å². The molecule has 0 spiro atoms. The van der Waals surface area contributed by atoms with Crippen molar-refractivity contribution in [2.75, 3.05) is 18.0 Å². The number of carbonyl (C=O) groups excluding carboxylic acids is 1. The van der Waals surface area contributed by atoms with Crippen molar-refractivity contribution in [3.05, 3.63) is 33.9 Å². The molecule has 1 aliphatic rings. The maximum Gasteiger partial charge on any atom is 0.394 e. The van der Waals surface area contributed by atoms with Crippen LogP contribution in [-0.4, -0.2) is 41.0 Å². The molecule has 2 rings (SSSR count). The number of carboxylic acids is 1. The molecule has 1 aromatic rings. The average Bonchev–Trinajstić information content (AvgIpc) is 2.91. The number of hydrogen-bond donors (Lipinski definition) is 1. The van der Waals surface area contributed by atoms with Gasteiger partial charge in [-0.3, -0.25) is 19.7 Å². The van der Waals surface area contributed by atoms with Gasteiger partial charge in [0, 0.05) is 30.8 Å². The lowest BCUT2D eigenvalue weighted by Gasteiger charge is -2.21. The standard InChI is InChI=1S/C14H13F3N2O5/c1-7(20)9-3-2-8(19(23)24)4-12(9)18-5-10(13(21)22)11(6-18)14(15,16)17/h2-4,10-11H,5-6H2,1H3,(H,21,22)/t10-,11-/m1/s1. The van der Waals surface area contributed by atoms with Crippen molar-refractivity contribution >= 4 is 23.1 Å². The lowest BCUT2D eigenvalue weighted by atomic mass is 9.96. The minimum atomic E-state index is -4.73. The van der Waals surface area contributed by atoms with Crippen LogP contribution in [0.15, 0.2) is 18.2 Å². The molecule has 0 saturated carbocycles. The van der Waals surface area contributed by atoms with Crippen molar-refractivity contribution in [1.82, 2.24) is 0 Å². The number of hydrogen-bond acceptors (Lipinski definition) is 5. The van der Waals surface area contributed by atoms with Gasteiger partial charge in [-0.15, -0.1) is 0 Å². The fraction of sp³-hybridized carbons (Fsp3) is 0.429. The van der Waals surface area contributed by atoms with E-state index in [2.05, 4.69) is 0 Å². The fourth-order valence-electron chi connectivity index (χ4n) is 2.78. The number of nitrogens with zero attached hydrogens (tertiary/aromatic N) is 2. The molecule has 1 N–H and O–H groups in total. The smallest absolute Gasteiger partial charge is 0.394 e. The summed E-state index contributed by atoms with van der Waals surface area (Å²) in [7, 11) is 0. The average molecular weight is 346 g/mol. The molecule has 24 heavy (non-hydrogen) atoms. The lowest BCUT2D eigenvalue weighted by Crippen LogP contribution is -2.33. The van der Waals surface area contributed by atoms with Gasteiger partial charge in [0.25, 0.3) is 5.69 Å². The summed E-state index contributed by atoms with van der Waals surface area (Å²) in [6.07, 6.45) is -4.73. The molecular formula is C14H13F3N2O5. The van der Waals surface area contributed by atoms with Crippen LogP contribution in [-0.2, 0) is 4.79 Å². The number of ketones is 1. The predicted octanol–water partition coefficient (Wildman–Crippen LogP) is 2.50. The molecule has 2 atom stereocenters. The van der Waals surface area contributed by atoms with Gasteiger partial charge >= 0.3 is 12.1 Å². The third-order valence-electron chi connectivity index (χ3n) is 3.97. The quantitative estimate of drug-likeness (QED) is 0.511. The Morgan fingerprint density at radius 3 is 2.38 bits per heavy atom. The van der Waals surface area contributed by atoms with Crippen LogP contribution < -0.4 is 4.90 Å². The van der Waals surface area contributed by atoms with Crippen LogP contribution in [0.25, 0.3) is 0 Å². The Bertz CT molecular complexity index is 704. The van der Waals surface area contributed by atoms with Crippen molar-refractivity contribution in [2.24, 2.45) is 11.8 Å². The zero-order chi connectivity index (χ0) is 18.2. The number of aliphatic carboxylic acids is 1. The van der Waals surface area contributed by atoms with Crippen LogP contribution in [0, 0.1) is 22.0 Å². The number of nitro benzene ring substituents is 1. The summed E-state index contributed by atoms with van der Waals surface area (Å²) in [4.78, 5) is 34.0. The zero-order valence-corrected chi connectivity index (χ0v) is 12.4. The maximum atomic E-state index is 13.1. The van der Waals surface area contributed by atoms with Gasteiger partial charge in [-0.2, -0.15) is 13.2 Å². The number of alkyl halides is 3. The van der Waals surface area contributed by atoms with Crippen molar-refractivity contribution in [1.29, 1.82) is 0 Å². The van der Waals surface area contributed by atoms with Gasteiger partial charge in [0.15, 0.2) is 5.78 Å². The van der Waals surface area contributed by atoms with E-state index in [9.17, 15) is 32.9 Å². The molecule has 0 amide bonds. The summed E-state index contributed by atoms with van der Waals surface area (Å²) >= 11 is 0. The number of non-ortho nitro benzene ring substituents is 1. The second-order valence-corrected chi connectivity index (χ2v) is 5.51. The third-order valence-corrected chi connectivity index (χ3v) is 3.97. The van der Waals surface area contributed by atoms with Crippen LogP contribution >= 0.6 is 0 Å². The topological polar surface area (TPSA) is 101 Å². The van der Waals surface area contributed by atoms with Gasteiger partial charge in [0.2, 0.25) is 0 Å². The lowest BCUT2D eigenvalue weighted by molar-refractivity contribution is -0.384. The van der Waals surface area contributed by atoms with Crippen LogP contribution in [0.5, 0.6) is 0 Å². The second kappa shape index (κ2) is 6.10. The van der Waals surface area contributed by atoms with Crippen molar-refractivity contribution in [2.45, 2.75) is 13.1 Å². The van der Waals surface area contributed by atoms with E-state index in [1.54, 1.807) is 0 Å². The summed E-state index contributed by atoms with van der Waals surface area (Å²) in [5, 5.41) is 19.9. The molecule has 1 saturated heterocycles. The van der Waals surface area contributed by atoms with E-state index in [1.165, 1.54) is 6.92 Å². The van der Waals surface area contributed by atoms with E-state index in [0.29, 0.717) is 0 Å². The number of halogens is 3. The molecule has 10 heteroatoms. The molecule has 0 unspecified atom stereocenters. The Kier molecular flexibility index (Phi) is 4.50. The second-order valence-electron chi connectivity index (χ2n) is 5.51. The van der Waals surface area contributed by atoms with Gasteiger partial charge in [0.1, 0.15) is 0 Å². The third kappa shape index (κ3) is 3.31. The number of benzene rings is 1. The number of carbonyl (C=O) groups is 2. The summed E-state index contributed by atoms with van der Waals surface area (Å²) < 4.78 is 39.2. The molecule has 0 bridgehead atoms. The van der Waals surface area contributed by atoms with Crippen LogP contribution in [0.2, 0.25) is 0 Å². The van der Waals surface area contributed by atoms with E-state index < -0.39 is 53.5 Å². The highest BCUT2D eigenvalue weighted by molar-refractivity contribution is 6.00. The number of carboxylic acid groups (broad SMARTS) is 1. The molecular weight excluding hydrogens is 333 g/mol. The number of rotatable bonds is 4. The highest BCUT2D eigenvalue weighted by atomic mass is 19.4. The van der Waals surface area contributed by atoms with E-state index in [4.69, 9.17) is 5.11 Å². The molecule has 7 nitrogen and oxygen atoms in total. The van der Waals surface area contributed by atoms with Crippen LogP contribution in [0.1, 0.15) is 17.3 Å². The minimum Gasteiger partial charge on any atom is -0.481 e. The van der Waals surface area contributed by atoms with E-state index in [-0.39, 0.29) is 11.3 Å². The summed E-state index contributed by atoms with van der Waals surface area (Å²) in [6, 6.07) is 3.23. The fourth-order valence-corrected chi connectivity index (χ4v) is 2.78. The monoisotopic (exact) mass is 346 g/mol. The molecule has 1 heterocycles. The Balaban J connectivity index is 2.48. The highest BCUT2D eigenvalue weighted by Crippen LogP contribution is 2.40. The Hall–Kier alpha value is -2.65. The highest BCUT2D eigenvalue weighted by Gasteiger charge is 2.53. The first-order chi connectivity index (χ1) is 11.0. The summed E-state index contributed by atoms with van der Waals surface area (Å²) in [5.41, 5.74) is -0.445. The van der Waals surface area contributed by atoms with Gasteiger partial charge in [-0.05, 0) is 13.0 Å². The van der Waals surface area contributed by atoms with Gasteiger partial charge in [0.05, 0.1) is 22.4 Å². The Labute approximate surface area is 133 Å². The first-order valence-electron chi connectivity index (χ1n) is 6.86. The first-order valence-corrected chi connectivity index (χ1v) is 6.86. The first kappa shape index (κ1) is 17.7. The molecule has 1 aromatic carbocycles. The van der Waals surface area contributed by atoms with Crippen molar-refractivity contribution in [3.8, 4) is 0 Å². The Morgan fingerprint density at radius 2 is 1.96 bits per heavy atom. The summed E-state index contributed by atoms with van der Waals surface area (Å²) in [6.45, 7) is 0.0134. The van der Waals surface area contributed by atoms with E-state index in [1.807, 2.05) is 0 Å². The molecule has 0 aliphatic carbocycles. The molecule has 0 aromatic heterocycles. The predicted molar refractivity (Wildman–Crippen MR) is 76.0 cm³/mol. The van der Waals surface area contributed by atoms with E-state index >= 15 is 0 Å². The number of anilines is 1. The van der Waals surface area contributed by atoms with Gasteiger partial charge in [-0.1, -0.05) is 0 Å². The summed E-state index contributed by atoms with van der Waals surface area (Å²) in [5.74, 6) is -5.91.